The summed E-state index contributed by atoms with van der Waals surface area (Å²) in [4.78, 5) is 24.9. The molecule has 5 nitrogen and oxygen atoms in total. The van der Waals surface area contributed by atoms with E-state index in [1.54, 1.807) is 17.0 Å². The number of carbonyl (C=O) groups is 2. The fraction of sp³-hybridized carbons (Fsp3) is 0.467. The van der Waals surface area contributed by atoms with Crippen LogP contribution < -0.4 is 15.5 Å². The molecular weight excluding hydrogens is 290 g/mol. The van der Waals surface area contributed by atoms with E-state index in [-0.39, 0.29) is 18.0 Å². The van der Waals surface area contributed by atoms with E-state index in [2.05, 4.69) is 10.6 Å². The van der Waals surface area contributed by atoms with Gasteiger partial charge in [0.1, 0.15) is 0 Å². The Hall–Kier alpha value is -1.75. The molecule has 2 N–H and O–H groups in total. The molecule has 0 aliphatic heterocycles. The number of amides is 3. The number of nitrogens with one attached hydrogen (secondary N) is 2. The van der Waals surface area contributed by atoms with Crippen LogP contribution in [0.1, 0.15) is 26.3 Å². The van der Waals surface area contributed by atoms with Crippen molar-refractivity contribution in [1.29, 1.82) is 0 Å². The smallest absolute Gasteiger partial charge is 0.315 e. The van der Waals surface area contributed by atoms with Crippen LogP contribution in [0.2, 0.25) is 5.02 Å². The Labute approximate surface area is 130 Å². The summed E-state index contributed by atoms with van der Waals surface area (Å²) in [6, 6.07) is 5.27. The van der Waals surface area contributed by atoms with Crippen molar-refractivity contribution >= 4 is 29.2 Å². The zero-order chi connectivity index (χ0) is 16.0. The standard InChI is InChI=1S/C15H22ClN3O2/c1-10(2)18-15(21)17-8-9-19(12(4)20)14-7-5-6-13(16)11(14)3/h5-7,10H,8-9H2,1-4H3,(H2,17,18,21). The molecule has 3 amide bonds. The van der Waals surface area contributed by atoms with Crippen LogP contribution in [0.4, 0.5) is 10.5 Å². The highest BCUT2D eigenvalue weighted by Crippen LogP contribution is 2.26. The number of carbonyl (C=O) groups excluding carboxylic acids is 2. The summed E-state index contributed by atoms with van der Waals surface area (Å²) >= 11 is 6.09. The van der Waals surface area contributed by atoms with E-state index >= 15 is 0 Å². The molecule has 0 spiro atoms. The zero-order valence-electron chi connectivity index (χ0n) is 12.9. The maximum absolute atomic E-state index is 11.8. The predicted molar refractivity (Wildman–Crippen MR) is 85.9 cm³/mol. The van der Waals surface area contributed by atoms with Crippen LogP contribution >= 0.6 is 11.6 Å². The molecule has 6 heteroatoms. The molecule has 1 aromatic rings. The van der Waals surface area contributed by atoms with Gasteiger partial charge in [0, 0.05) is 36.8 Å². The quantitative estimate of drug-likeness (QED) is 0.878. The lowest BCUT2D eigenvalue weighted by Crippen LogP contribution is -2.43. The first kappa shape index (κ1) is 17.3. The van der Waals surface area contributed by atoms with Crippen LogP contribution in [0.25, 0.3) is 0 Å². The lowest BCUT2D eigenvalue weighted by atomic mass is 10.1. The summed E-state index contributed by atoms with van der Waals surface area (Å²) in [5.74, 6) is -0.0913. The van der Waals surface area contributed by atoms with Gasteiger partial charge in [-0.25, -0.2) is 4.79 Å². The number of hydrogen-bond acceptors (Lipinski definition) is 2. The number of urea groups is 1. The second kappa shape index (κ2) is 7.88. The minimum absolute atomic E-state index is 0.0732. The van der Waals surface area contributed by atoms with Gasteiger partial charge >= 0.3 is 6.03 Å². The summed E-state index contributed by atoms with van der Waals surface area (Å²) in [6.07, 6.45) is 0. The van der Waals surface area contributed by atoms with Gasteiger partial charge in [-0.2, -0.15) is 0 Å². The van der Waals surface area contributed by atoms with Gasteiger partial charge in [-0.1, -0.05) is 17.7 Å². The first-order chi connectivity index (χ1) is 9.82. The minimum Gasteiger partial charge on any atom is -0.336 e. The van der Waals surface area contributed by atoms with Crippen molar-refractivity contribution in [2.75, 3.05) is 18.0 Å². The molecule has 0 atom stereocenters. The van der Waals surface area contributed by atoms with E-state index in [4.69, 9.17) is 11.6 Å². The molecule has 0 bridgehead atoms. The fourth-order valence-electron chi connectivity index (χ4n) is 1.93. The van der Waals surface area contributed by atoms with Crippen molar-refractivity contribution in [3.63, 3.8) is 0 Å². The van der Waals surface area contributed by atoms with Gasteiger partial charge in [0.05, 0.1) is 0 Å². The predicted octanol–water partition coefficient (Wildman–Crippen LogP) is 2.71. The van der Waals surface area contributed by atoms with E-state index < -0.39 is 0 Å². The topological polar surface area (TPSA) is 61.4 Å². The summed E-state index contributed by atoms with van der Waals surface area (Å²) in [7, 11) is 0. The maximum Gasteiger partial charge on any atom is 0.315 e. The van der Waals surface area contributed by atoms with E-state index in [9.17, 15) is 9.59 Å². The molecular formula is C15H22ClN3O2. The summed E-state index contributed by atoms with van der Waals surface area (Å²) in [6.45, 7) is 7.89. The number of nitrogens with zero attached hydrogens (tertiary/aromatic N) is 1. The first-order valence-electron chi connectivity index (χ1n) is 6.90. The van der Waals surface area contributed by atoms with Gasteiger partial charge in [0.2, 0.25) is 5.91 Å². The Morgan fingerprint density at radius 2 is 2.00 bits per heavy atom. The number of benzene rings is 1. The van der Waals surface area contributed by atoms with Crippen molar-refractivity contribution in [3.05, 3.63) is 28.8 Å². The second-order valence-electron chi connectivity index (χ2n) is 5.11. The molecule has 0 aliphatic carbocycles. The minimum atomic E-state index is -0.240. The monoisotopic (exact) mass is 311 g/mol. The normalized spacial score (nSPS) is 10.4. The first-order valence-corrected chi connectivity index (χ1v) is 7.28. The van der Waals surface area contributed by atoms with E-state index in [1.165, 1.54) is 6.92 Å². The van der Waals surface area contributed by atoms with Crippen molar-refractivity contribution in [3.8, 4) is 0 Å². The van der Waals surface area contributed by atoms with Crippen LogP contribution in [0, 0.1) is 6.92 Å². The van der Waals surface area contributed by atoms with E-state index in [0.717, 1.165) is 11.3 Å². The van der Waals surface area contributed by atoms with Gasteiger partial charge in [0.15, 0.2) is 0 Å². The van der Waals surface area contributed by atoms with Crippen molar-refractivity contribution < 1.29 is 9.59 Å². The molecule has 21 heavy (non-hydrogen) atoms. The molecule has 0 saturated carbocycles. The summed E-state index contributed by atoms with van der Waals surface area (Å²) in [5.41, 5.74) is 1.61. The highest BCUT2D eigenvalue weighted by Gasteiger charge is 2.15. The van der Waals surface area contributed by atoms with Crippen LogP contribution in [0.5, 0.6) is 0 Å². The number of anilines is 1. The Bertz CT molecular complexity index is 518. The third-order valence-electron chi connectivity index (χ3n) is 2.95. The third kappa shape index (κ3) is 5.27. The average Bonchev–Trinajstić information content (AvgIpc) is 2.37. The van der Waals surface area contributed by atoms with Crippen LogP contribution in [0.15, 0.2) is 18.2 Å². The lowest BCUT2D eigenvalue weighted by molar-refractivity contribution is -0.116. The highest BCUT2D eigenvalue weighted by atomic mass is 35.5. The Morgan fingerprint density at radius 3 is 2.57 bits per heavy atom. The number of hydrogen-bond donors (Lipinski definition) is 2. The van der Waals surface area contributed by atoms with Crippen molar-refractivity contribution in [1.82, 2.24) is 10.6 Å². The van der Waals surface area contributed by atoms with Gasteiger partial charge < -0.3 is 15.5 Å². The van der Waals surface area contributed by atoms with Crippen molar-refractivity contribution in [2.24, 2.45) is 0 Å². The van der Waals surface area contributed by atoms with Gasteiger partial charge in [-0.3, -0.25) is 4.79 Å². The number of rotatable bonds is 5. The van der Waals surface area contributed by atoms with E-state index in [1.807, 2.05) is 26.8 Å². The van der Waals surface area contributed by atoms with Crippen LogP contribution in [0.3, 0.4) is 0 Å². The molecule has 0 radical (unpaired) electrons. The molecule has 0 aliphatic rings. The molecule has 0 heterocycles. The Balaban J connectivity index is 2.69. The van der Waals surface area contributed by atoms with Gasteiger partial charge in [0.25, 0.3) is 0 Å². The summed E-state index contributed by atoms with van der Waals surface area (Å²) in [5, 5.41) is 6.07. The average molecular weight is 312 g/mol. The van der Waals surface area contributed by atoms with E-state index in [0.29, 0.717) is 18.1 Å². The lowest BCUT2D eigenvalue weighted by Gasteiger charge is -2.24. The zero-order valence-corrected chi connectivity index (χ0v) is 13.6. The molecule has 0 fully saturated rings. The van der Waals surface area contributed by atoms with Crippen LogP contribution in [-0.2, 0) is 4.79 Å². The second-order valence-corrected chi connectivity index (χ2v) is 5.52. The molecule has 0 saturated heterocycles. The van der Waals surface area contributed by atoms with Crippen LogP contribution in [-0.4, -0.2) is 31.1 Å². The molecule has 0 unspecified atom stereocenters. The molecule has 1 rings (SSSR count). The number of halogens is 1. The van der Waals surface area contributed by atoms with Crippen molar-refractivity contribution in [2.45, 2.75) is 33.7 Å². The SMILES string of the molecule is CC(=O)N(CCNC(=O)NC(C)C)c1cccc(Cl)c1C. The largest absolute Gasteiger partial charge is 0.336 e. The third-order valence-corrected chi connectivity index (χ3v) is 3.36. The van der Waals surface area contributed by atoms with Gasteiger partial charge in [-0.15, -0.1) is 0 Å². The highest BCUT2D eigenvalue weighted by molar-refractivity contribution is 6.31. The molecule has 0 aromatic heterocycles. The van der Waals surface area contributed by atoms with Gasteiger partial charge in [-0.05, 0) is 38.5 Å². The Kier molecular flexibility index (Phi) is 6.49. The molecule has 1 aromatic carbocycles. The summed E-state index contributed by atoms with van der Waals surface area (Å²) < 4.78 is 0. The Morgan fingerprint density at radius 1 is 1.33 bits per heavy atom. The molecule has 116 valence electrons. The fourth-order valence-corrected chi connectivity index (χ4v) is 2.10. The maximum atomic E-state index is 11.8.